The Bertz CT molecular complexity index is 553. The average Bonchev–Trinajstić information content (AvgIpc) is 2.61. The van der Waals surface area contributed by atoms with Crippen molar-refractivity contribution in [3.63, 3.8) is 0 Å². The lowest BCUT2D eigenvalue weighted by molar-refractivity contribution is -0.114. The third kappa shape index (κ3) is 1.93. The molecule has 1 aromatic rings. The van der Waals surface area contributed by atoms with Gasteiger partial charge in [-0.1, -0.05) is 30.3 Å². The number of sulfone groups is 1. The van der Waals surface area contributed by atoms with E-state index < -0.39 is 9.84 Å². The summed E-state index contributed by atoms with van der Waals surface area (Å²) in [5.41, 5.74) is 1.49. The van der Waals surface area contributed by atoms with Crippen molar-refractivity contribution in [1.82, 2.24) is 0 Å². The molecular formula is C12H12O3S. The van der Waals surface area contributed by atoms with Crippen LogP contribution in [0.2, 0.25) is 0 Å². The van der Waals surface area contributed by atoms with Crippen LogP contribution in [-0.4, -0.2) is 20.5 Å². The van der Waals surface area contributed by atoms with Gasteiger partial charge in [-0.3, -0.25) is 4.79 Å². The highest BCUT2D eigenvalue weighted by Crippen LogP contribution is 2.33. The third-order valence-corrected chi connectivity index (χ3v) is 3.84. The summed E-state index contributed by atoms with van der Waals surface area (Å²) in [5.74, 6) is -0.263. The highest BCUT2D eigenvalue weighted by Gasteiger charge is 2.30. The van der Waals surface area contributed by atoms with E-state index in [1.807, 2.05) is 30.3 Å². The Kier molecular flexibility index (Phi) is 2.68. The minimum atomic E-state index is -3.42. The first-order chi connectivity index (χ1) is 7.50. The molecule has 84 valence electrons. The Morgan fingerprint density at radius 1 is 1.06 bits per heavy atom. The van der Waals surface area contributed by atoms with Crippen LogP contribution in [-0.2, 0) is 14.6 Å². The van der Waals surface area contributed by atoms with Gasteiger partial charge in [-0.05, 0) is 17.6 Å². The van der Waals surface area contributed by atoms with Crippen molar-refractivity contribution in [1.29, 1.82) is 0 Å². The molecule has 1 aliphatic rings. The van der Waals surface area contributed by atoms with E-state index in [0.717, 1.165) is 11.8 Å². The molecule has 0 heterocycles. The molecule has 0 fully saturated rings. The number of Topliss-reactive ketones (excluding diaryl/α,β-unsaturated/α-hetero) is 1. The van der Waals surface area contributed by atoms with Crippen molar-refractivity contribution < 1.29 is 13.2 Å². The summed E-state index contributed by atoms with van der Waals surface area (Å²) in [4.78, 5) is 11.6. The minimum absolute atomic E-state index is 0.00120. The molecule has 0 saturated carbocycles. The first-order valence-electron chi connectivity index (χ1n) is 5.02. The van der Waals surface area contributed by atoms with Gasteiger partial charge in [0.05, 0.1) is 0 Å². The number of carbonyl (C=O) groups is 1. The predicted molar refractivity (Wildman–Crippen MR) is 62.4 cm³/mol. The van der Waals surface area contributed by atoms with Gasteiger partial charge in [-0.2, -0.15) is 0 Å². The van der Waals surface area contributed by atoms with Gasteiger partial charge in [0, 0.05) is 12.7 Å². The SMILES string of the molecule is CS(=O)(=O)C1=C(c2ccccc2)CCC1=O. The van der Waals surface area contributed by atoms with Crippen molar-refractivity contribution in [2.45, 2.75) is 12.8 Å². The second-order valence-corrected chi connectivity index (χ2v) is 5.82. The van der Waals surface area contributed by atoms with Gasteiger partial charge in [0.15, 0.2) is 15.6 Å². The molecule has 0 N–H and O–H groups in total. The molecule has 0 bridgehead atoms. The fraction of sp³-hybridized carbons (Fsp3) is 0.250. The molecule has 0 amide bonds. The summed E-state index contributed by atoms with van der Waals surface area (Å²) in [7, 11) is -3.42. The van der Waals surface area contributed by atoms with Crippen LogP contribution in [0, 0.1) is 0 Å². The predicted octanol–water partition coefficient (Wildman–Crippen LogP) is 1.81. The van der Waals surface area contributed by atoms with Crippen molar-refractivity contribution >= 4 is 21.2 Å². The van der Waals surface area contributed by atoms with E-state index in [-0.39, 0.29) is 10.7 Å². The van der Waals surface area contributed by atoms with Gasteiger partial charge in [0.25, 0.3) is 0 Å². The Balaban J connectivity index is 2.63. The molecule has 1 aromatic carbocycles. The van der Waals surface area contributed by atoms with E-state index in [2.05, 4.69) is 0 Å². The fourth-order valence-corrected chi connectivity index (χ4v) is 3.16. The van der Waals surface area contributed by atoms with Crippen molar-refractivity contribution in [2.75, 3.05) is 6.26 Å². The molecule has 0 unspecified atom stereocenters. The maximum Gasteiger partial charge on any atom is 0.179 e. The maximum absolute atomic E-state index is 11.6. The van der Waals surface area contributed by atoms with E-state index in [9.17, 15) is 13.2 Å². The topological polar surface area (TPSA) is 51.2 Å². The molecule has 16 heavy (non-hydrogen) atoms. The van der Waals surface area contributed by atoms with Crippen LogP contribution in [0.15, 0.2) is 35.2 Å². The van der Waals surface area contributed by atoms with Gasteiger partial charge in [-0.15, -0.1) is 0 Å². The lowest BCUT2D eigenvalue weighted by atomic mass is 10.1. The quantitative estimate of drug-likeness (QED) is 0.786. The molecule has 0 atom stereocenters. The number of carbonyl (C=O) groups excluding carboxylic acids is 1. The van der Waals surface area contributed by atoms with Gasteiger partial charge in [0.1, 0.15) is 4.91 Å². The second-order valence-electron chi connectivity index (χ2n) is 3.87. The molecular weight excluding hydrogens is 224 g/mol. The molecule has 4 heteroatoms. The summed E-state index contributed by atoms with van der Waals surface area (Å²) in [5, 5.41) is 0. The summed E-state index contributed by atoms with van der Waals surface area (Å²) in [6.07, 6.45) is 1.91. The van der Waals surface area contributed by atoms with E-state index >= 15 is 0 Å². The number of rotatable bonds is 2. The van der Waals surface area contributed by atoms with E-state index in [4.69, 9.17) is 0 Å². The molecule has 0 saturated heterocycles. The summed E-state index contributed by atoms with van der Waals surface area (Å²) in [6.45, 7) is 0. The van der Waals surface area contributed by atoms with Crippen molar-refractivity contribution in [2.24, 2.45) is 0 Å². The zero-order chi connectivity index (χ0) is 11.8. The first kappa shape index (κ1) is 11.1. The third-order valence-electron chi connectivity index (χ3n) is 2.62. The van der Waals surface area contributed by atoms with Crippen LogP contribution >= 0.6 is 0 Å². The molecule has 1 aliphatic carbocycles. The smallest absolute Gasteiger partial charge is 0.179 e. The zero-order valence-corrected chi connectivity index (χ0v) is 9.75. The normalized spacial score (nSPS) is 16.9. The Labute approximate surface area is 94.7 Å². The first-order valence-corrected chi connectivity index (χ1v) is 6.91. The Morgan fingerprint density at radius 2 is 1.69 bits per heavy atom. The van der Waals surface area contributed by atoms with Crippen LogP contribution in [0.25, 0.3) is 5.57 Å². The number of hydrogen-bond acceptors (Lipinski definition) is 3. The zero-order valence-electron chi connectivity index (χ0n) is 8.93. The standard InChI is InChI=1S/C12H12O3S/c1-16(14,15)12-10(7-8-11(12)13)9-5-3-2-4-6-9/h2-6H,7-8H2,1H3. The molecule has 0 radical (unpaired) electrons. The molecule has 0 aliphatic heterocycles. The summed E-state index contributed by atoms with van der Waals surface area (Å²) >= 11 is 0. The van der Waals surface area contributed by atoms with E-state index in [1.54, 1.807) is 0 Å². The van der Waals surface area contributed by atoms with Crippen LogP contribution in [0.5, 0.6) is 0 Å². The lowest BCUT2D eigenvalue weighted by Crippen LogP contribution is -2.08. The monoisotopic (exact) mass is 236 g/mol. The Morgan fingerprint density at radius 3 is 2.25 bits per heavy atom. The number of ketones is 1. The summed E-state index contributed by atoms with van der Waals surface area (Å²) < 4.78 is 23.1. The van der Waals surface area contributed by atoms with E-state index in [0.29, 0.717) is 18.4 Å². The van der Waals surface area contributed by atoms with Crippen LogP contribution in [0.1, 0.15) is 18.4 Å². The molecule has 3 nitrogen and oxygen atoms in total. The fourth-order valence-electron chi connectivity index (χ4n) is 1.98. The lowest BCUT2D eigenvalue weighted by Gasteiger charge is -2.04. The maximum atomic E-state index is 11.6. The van der Waals surface area contributed by atoms with Crippen LogP contribution < -0.4 is 0 Å². The number of hydrogen-bond donors (Lipinski definition) is 0. The Hall–Kier alpha value is -1.42. The number of allylic oxidation sites excluding steroid dienone is 2. The van der Waals surface area contributed by atoms with Crippen molar-refractivity contribution in [3.8, 4) is 0 Å². The van der Waals surface area contributed by atoms with Gasteiger partial charge in [0.2, 0.25) is 0 Å². The van der Waals surface area contributed by atoms with Crippen LogP contribution in [0.3, 0.4) is 0 Å². The van der Waals surface area contributed by atoms with Gasteiger partial charge < -0.3 is 0 Å². The molecule has 2 rings (SSSR count). The van der Waals surface area contributed by atoms with Gasteiger partial charge in [-0.25, -0.2) is 8.42 Å². The van der Waals surface area contributed by atoms with E-state index in [1.165, 1.54) is 0 Å². The second kappa shape index (κ2) is 3.87. The van der Waals surface area contributed by atoms with Crippen LogP contribution in [0.4, 0.5) is 0 Å². The summed E-state index contributed by atoms with van der Waals surface area (Å²) in [6, 6.07) is 9.20. The number of benzene rings is 1. The average molecular weight is 236 g/mol. The molecule has 0 spiro atoms. The van der Waals surface area contributed by atoms with Gasteiger partial charge >= 0.3 is 0 Å². The largest absolute Gasteiger partial charge is 0.293 e. The highest BCUT2D eigenvalue weighted by molar-refractivity contribution is 7.95. The molecule has 0 aromatic heterocycles. The minimum Gasteiger partial charge on any atom is -0.293 e. The highest BCUT2D eigenvalue weighted by atomic mass is 32.2. The van der Waals surface area contributed by atoms with Crippen molar-refractivity contribution in [3.05, 3.63) is 40.8 Å².